The van der Waals surface area contributed by atoms with E-state index in [1.54, 1.807) is 36.4 Å². The summed E-state index contributed by atoms with van der Waals surface area (Å²) < 4.78 is 12.9. The molecule has 28 heavy (non-hydrogen) atoms. The molecule has 1 aliphatic rings. The molecule has 0 heterocycles. The van der Waals surface area contributed by atoms with Gasteiger partial charge in [-0.15, -0.1) is 0 Å². The standard InChI is InChI=1S/C22H26FN3O2/c1-22(24)13-3-2-4-19(22)21(28)26-18-11-7-16(8-12-18)20(27)25-14-15-5-9-17(23)10-6-15/h5-12,19H,2-4,13-14,24H2,1H3,(H,25,27)(H,26,28). The summed E-state index contributed by atoms with van der Waals surface area (Å²) in [5.74, 6) is -0.821. The van der Waals surface area contributed by atoms with Gasteiger partial charge in [-0.1, -0.05) is 25.0 Å². The second-order valence-electron chi connectivity index (χ2n) is 7.68. The molecule has 1 aliphatic carbocycles. The van der Waals surface area contributed by atoms with E-state index in [4.69, 9.17) is 5.73 Å². The Bertz CT molecular complexity index is 832. The van der Waals surface area contributed by atoms with Crippen molar-refractivity contribution in [1.82, 2.24) is 5.32 Å². The van der Waals surface area contributed by atoms with Gasteiger partial charge in [-0.3, -0.25) is 9.59 Å². The Morgan fingerprint density at radius 1 is 1.11 bits per heavy atom. The Kier molecular flexibility index (Phi) is 6.09. The van der Waals surface area contributed by atoms with E-state index in [2.05, 4.69) is 10.6 Å². The number of hydrogen-bond donors (Lipinski definition) is 3. The van der Waals surface area contributed by atoms with E-state index in [0.717, 1.165) is 31.2 Å². The molecule has 0 bridgehead atoms. The first-order valence-corrected chi connectivity index (χ1v) is 9.57. The summed E-state index contributed by atoms with van der Waals surface area (Å²) in [5, 5.41) is 5.70. The minimum atomic E-state index is -0.484. The molecule has 0 saturated heterocycles. The van der Waals surface area contributed by atoms with Gasteiger partial charge in [0.25, 0.3) is 5.91 Å². The molecule has 0 aliphatic heterocycles. The van der Waals surface area contributed by atoms with Gasteiger partial charge in [0.1, 0.15) is 5.82 Å². The minimum absolute atomic E-state index is 0.0711. The van der Waals surface area contributed by atoms with Crippen LogP contribution in [0.1, 0.15) is 48.5 Å². The number of amides is 2. The summed E-state index contributed by atoms with van der Waals surface area (Å²) in [6, 6.07) is 12.7. The molecule has 6 heteroatoms. The maximum atomic E-state index is 12.9. The predicted octanol–water partition coefficient (Wildman–Crippen LogP) is 3.60. The fraction of sp³-hybridized carbons (Fsp3) is 0.364. The second-order valence-corrected chi connectivity index (χ2v) is 7.68. The molecule has 0 aromatic heterocycles. The third-order valence-electron chi connectivity index (χ3n) is 5.35. The molecule has 1 saturated carbocycles. The monoisotopic (exact) mass is 383 g/mol. The summed E-state index contributed by atoms with van der Waals surface area (Å²) in [4.78, 5) is 24.9. The highest BCUT2D eigenvalue weighted by Crippen LogP contribution is 2.32. The molecule has 1 fully saturated rings. The van der Waals surface area contributed by atoms with Gasteiger partial charge in [-0.05, 0) is 61.7 Å². The summed E-state index contributed by atoms with van der Waals surface area (Å²) in [6.07, 6.45) is 3.71. The Labute approximate surface area is 164 Å². The van der Waals surface area contributed by atoms with Crippen LogP contribution in [0.3, 0.4) is 0 Å². The zero-order valence-corrected chi connectivity index (χ0v) is 16.0. The molecule has 2 unspecified atom stereocenters. The number of carbonyl (C=O) groups excluding carboxylic acids is 2. The smallest absolute Gasteiger partial charge is 0.251 e. The van der Waals surface area contributed by atoms with E-state index in [0.29, 0.717) is 17.8 Å². The largest absolute Gasteiger partial charge is 0.348 e. The number of anilines is 1. The van der Waals surface area contributed by atoms with Crippen molar-refractivity contribution >= 4 is 17.5 Å². The van der Waals surface area contributed by atoms with Crippen LogP contribution in [0.15, 0.2) is 48.5 Å². The fourth-order valence-electron chi connectivity index (χ4n) is 3.61. The Morgan fingerprint density at radius 2 is 1.79 bits per heavy atom. The van der Waals surface area contributed by atoms with E-state index in [1.165, 1.54) is 12.1 Å². The average Bonchev–Trinajstić information content (AvgIpc) is 2.67. The summed E-state index contributed by atoms with van der Waals surface area (Å²) in [7, 11) is 0. The van der Waals surface area contributed by atoms with Crippen LogP contribution in [0.4, 0.5) is 10.1 Å². The van der Waals surface area contributed by atoms with Gasteiger partial charge in [0.05, 0.1) is 5.92 Å². The lowest BCUT2D eigenvalue weighted by molar-refractivity contribution is -0.122. The zero-order valence-electron chi connectivity index (χ0n) is 16.0. The van der Waals surface area contributed by atoms with Crippen molar-refractivity contribution in [1.29, 1.82) is 0 Å². The minimum Gasteiger partial charge on any atom is -0.348 e. The molecule has 3 rings (SSSR count). The lowest BCUT2D eigenvalue weighted by Crippen LogP contribution is -2.51. The highest BCUT2D eigenvalue weighted by molar-refractivity contribution is 5.96. The third kappa shape index (κ3) is 4.95. The molecule has 2 atom stereocenters. The quantitative estimate of drug-likeness (QED) is 0.738. The summed E-state index contributed by atoms with van der Waals surface area (Å²) in [5.41, 5.74) is 7.76. The zero-order chi connectivity index (χ0) is 20.1. The molecule has 4 N–H and O–H groups in total. The van der Waals surface area contributed by atoms with Crippen LogP contribution in [0.25, 0.3) is 0 Å². The van der Waals surface area contributed by atoms with Crippen molar-refractivity contribution < 1.29 is 14.0 Å². The number of rotatable bonds is 5. The first-order valence-electron chi connectivity index (χ1n) is 9.57. The molecular formula is C22H26FN3O2. The van der Waals surface area contributed by atoms with Crippen molar-refractivity contribution in [2.45, 2.75) is 44.7 Å². The second kappa shape index (κ2) is 8.52. The van der Waals surface area contributed by atoms with E-state index < -0.39 is 5.54 Å². The maximum Gasteiger partial charge on any atom is 0.251 e. The number of nitrogens with two attached hydrogens (primary N) is 1. The van der Waals surface area contributed by atoms with Crippen molar-refractivity contribution in [2.24, 2.45) is 11.7 Å². The molecule has 2 amide bonds. The average molecular weight is 383 g/mol. The van der Waals surface area contributed by atoms with Crippen molar-refractivity contribution in [3.05, 3.63) is 65.5 Å². The fourth-order valence-corrected chi connectivity index (χ4v) is 3.61. The SMILES string of the molecule is CC1(N)CCCCC1C(=O)Nc1ccc(C(=O)NCc2ccc(F)cc2)cc1. The molecule has 0 spiro atoms. The Balaban J connectivity index is 1.56. The van der Waals surface area contributed by atoms with Crippen LogP contribution in [0.2, 0.25) is 0 Å². The first kappa shape index (κ1) is 20.0. The molecule has 2 aromatic carbocycles. The predicted molar refractivity (Wildman–Crippen MR) is 107 cm³/mol. The maximum absolute atomic E-state index is 12.9. The molecule has 0 radical (unpaired) electrons. The normalized spacial score (nSPS) is 21.8. The van der Waals surface area contributed by atoms with Gasteiger partial charge >= 0.3 is 0 Å². The highest BCUT2D eigenvalue weighted by atomic mass is 19.1. The van der Waals surface area contributed by atoms with E-state index in [-0.39, 0.29) is 23.5 Å². The van der Waals surface area contributed by atoms with Crippen LogP contribution < -0.4 is 16.4 Å². The van der Waals surface area contributed by atoms with E-state index in [9.17, 15) is 14.0 Å². The number of hydrogen-bond acceptors (Lipinski definition) is 3. The molecule has 148 valence electrons. The number of halogens is 1. The topological polar surface area (TPSA) is 84.2 Å². The van der Waals surface area contributed by atoms with Crippen LogP contribution >= 0.6 is 0 Å². The van der Waals surface area contributed by atoms with Gasteiger partial charge in [0.15, 0.2) is 0 Å². The third-order valence-corrected chi connectivity index (χ3v) is 5.35. The molecular weight excluding hydrogens is 357 g/mol. The number of carbonyl (C=O) groups is 2. The number of benzene rings is 2. The highest BCUT2D eigenvalue weighted by Gasteiger charge is 2.37. The molecule has 2 aromatic rings. The van der Waals surface area contributed by atoms with E-state index >= 15 is 0 Å². The lowest BCUT2D eigenvalue weighted by Gasteiger charge is -2.37. The van der Waals surface area contributed by atoms with Crippen molar-refractivity contribution in [2.75, 3.05) is 5.32 Å². The molecule has 5 nitrogen and oxygen atoms in total. The first-order chi connectivity index (χ1) is 13.3. The van der Waals surface area contributed by atoms with Gasteiger partial charge in [0.2, 0.25) is 5.91 Å². The van der Waals surface area contributed by atoms with Crippen LogP contribution in [-0.4, -0.2) is 17.4 Å². The van der Waals surface area contributed by atoms with Crippen LogP contribution in [0, 0.1) is 11.7 Å². The summed E-state index contributed by atoms with van der Waals surface area (Å²) in [6.45, 7) is 2.25. The summed E-state index contributed by atoms with van der Waals surface area (Å²) >= 11 is 0. The van der Waals surface area contributed by atoms with Crippen LogP contribution in [0.5, 0.6) is 0 Å². The Morgan fingerprint density at radius 3 is 2.43 bits per heavy atom. The Hall–Kier alpha value is -2.73. The van der Waals surface area contributed by atoms with Gasteiger partial charge in [-0.25, -0.2) is 4.39 Å². The van der Waals surface area contributed by atoms with Crippen molar-refractivity contribution in [3.63, 3.8) is 0 Å². The van der Waals surface area contributed by atoms with Crippen molar-refractivity contribution in [3.8, 4) is 0 Å². The number of nitrogens with one attached hydrogen (secondary N) is 2. The van der Waals surface area contributed by atoms with Gasteiger partial charge in [-0.2, -0.15) is 0 Å². The lowest BCUT2D eigenvalue weighted by atomic mass is 9.74. The van der Waals surface area contributed by atoms with Crippen LogP contribution in [-0.2, 0) is 11.3 Å². The van der Waals surface area contributed by atoms with E-state index in [1.807, 2.05) is 6.92 Å². The van der Waals surface area contributed by atoms with Gasteiger partial charge < -0.3 is 16.4 Å². The van der Waals surface area contributed by atoms with Gasteiger partial charge in [0, 0.05) is 23.3 Å².